The summed E-state index contributed by atoms with van der Waals surface area (Å²) in [5, 5.41) is 0. The molecule has 0 N–H and O–H groups in total. The van der Waals surface area contributed by atoms with E-state index in [9.17, 15) is 8.42 Å². The van der Waals surface area contributed by atoms with E-state index in [2.05, 4.69) is 15.9 Å². The van der Waals surface area contributed by atoms with Crippen molar-refractivity contribution in [2.75, 3.05) is 13.1 Å². The summed E-state index contributed by atoms with van der Waals surface area (Å²) in [7, 11) is -3.35. The van der Waals surface area contributed by atoms with Gasteiger partial charge in [0.15, 0.2) is 0 Å². The molecule has 0 aromatic heterocycles. The molecule has 0 saturated carbocycles. The Morgan fingerprint density at radius 1 is 1.24 bits per heavy atom. The monoisotopic (exact) mass is 319 g/mol. The van der Waals surface area contributed by atoms with Crippen molar-refractivity contribution in [3.05, 3.63) is 28.7 Å². The average molecular weight is 320 g/mol. The Labute approximate surface area is 112 Å². The normalized spacial score (nSPS) is 12.4. The first-order valence-electron chi connectivity index (χ1n) is 5.63. The van der Waals surface area contributed by atoms with Gasteiger partial charge in [0.25, 0.3) is 0 Å². The van der Waals surface area contributed by atoms with Crippen LogP contribution in [-0.2, 0) is 10.0 Å². The highest BCUT2D eigenvalue weighted by Gasteiger charge is 2.23. The predicted molar refractivity (Wildman–Crippen MR) is 73.4 cm³/mol. The molecule has 1 aromatic rings. The van der Waals surface area contributed by atoms with Gasteiger partial charge in [-0.1, -0.05) is 36.7 Å². The lowest BCUT2D eigenvalue weighted by molar-refractivity contribution is 0.381. The maximum Gasteiger partial charge on any atom is 0.243 e. The average Bonchev–Trinajstić information content (AvgIpc) is 2.26. The van der Waals surface area contributed by atoms with E-state index in [-0.39, 0.29) is 0 Å². The molecule has 0 heterocycles. The Hall–Kier alpha value is -0.390. The highest BCUT2D eigenvalue weighted by Crippen LogP contribution is 2.19. The van der Waals surface area contributed by atoms with Gasteiger partial charge in [0, 0.05) is 17.6 Å². The number of benzene rings is 1. The first-order chi connectivity index (χ1) is 7.87. The smallest absolute Gasteiger partial charge is 0.207 e. The molecule has 17 heavy (non-hydrogen) atoms. The Kier molecular flexibility index (Phi) is 5.16. The molecule has 0 aliphatic heterocycles. The molecule has 0 bridgehead atoms. The van der Waals surface area contributed by atoms with Crippen LogP contribution in [0.15, 0.2) is 33.6 Å². The van der Waals surface area contributed by atoms with Gasteiger partial charge in [0.2, 0.25) is 10.0 Å². The lowest BCUT2D eigenvalue weighted by Crippen LogP contribution is -2.34. The summed E-state index contributed by atoms with van der Waals surface area (Å²) < 4.78 is 27.0. The molecule has 0 amide bonds. The minimum absolute atomic E-state index is 0.320. The third-order valence-corrected chi connectivity index (χ3v) is 4.86. The fourth-order valence-electron chi connectivity index (χ4n) is 1.56. The molecular formula is C12H18BrNO2S. The van der Waals surface area contributed by atoms with Crippen molar-refractivity contribution in [3.8, 4) is 0 Å². The van der Waals surface area contributed by atoms with Gasteiger partial charge < -0.3 is 0 Å². The van der Waals surface area contributed by atoms with Gasteiger partial charge in [-0.05, 0) is 30.2 Å². The molecular weight excluding hydrogens is 302 g/mol. The topological polar surface area (TPSA) is 37.4 Å². The molecule has 0 radical (unpaired) electrons. The van der Waals surface area contributed by atoms with Crippen LogP contribution in [0.25, 0.3) is 0 Å². The van der Waals surface area contributed by atoms with E-state index in [1.807, 2.05) is 20.8 Å². The van der Waals surface area contributed by atoms with Crippen molar-refractivity contribution in [3.63, 3.8) is 0 Å². The van der Waals surface area contributed by atoms with Crippen molar-refractivity contribution in [1.82, 2.24) is 4.31 Å². The maximum atomic E-state index is 12.3. The molecule has 1 aromatic carbocycles. The second kappa shape index (κ2) is 5.98. The molecule has 1 rings (SSSR count). The molecule has 0 atom stereocenters. The standard InChI is InChI=1S/C12H18BrNO2S/c1-4-14(9-10(2)3)17(15,16)12-7-5-11(13)6-8-12/h5-8,10H,4,9H2,1-3H3. The first-order valence-corrected chi connectivity index (χ1v) is 7.87. The van der Waals surface area contributed by atoms with Crippen molar-refractivity contribution in [1.29, 1.82) is 0 Å². The molecule has 0 aliphatic carbocycles. The van der Waals surface area contributed by atoms with E-state index in [4.69, 9.17) is 0 Å². The van der Waals surface area contributed by atoms with Crippen molar-refractivity contribution in [2.45, 2.75) is 25.7 Å². The minimum atomic E-state index is -3.35. The third kappa shape index (κ3) is 3.79. The highest BCUT2D eigenvalue weighted by atomic mass is 79.9. The van der Waals surface area contributed by atoms with E-state index in [0.717, 1.165) is 4.47 Å². The number of nitrogens with zero attached hydrogens (tertiary/aromatic N) is 1. The predicted octanol–water partition coefficient (Wildman–Crippen LogP) is 3.12. The van der Waals surface area contributed by atoms with Crippen molar-refractivity contribution < 1.29 is 8.42 Å². The van der Waals surface area contributed by atoms with Gasteiger partial charge in [0.1, 0.15) is 0 Å². The van der Waals surface area contributed by atoms with E-state index in [1.54, 1.807) is 24.3 Å². The zero-order chi connectivity index (χ0) is 13.1. The van der Waals surface area contributed by atoms with Crippen LogP contribution in [0.3, 0.4) is 0 Å². The van der Waals surface area contributed by atoms with Crippen LogP contribution in [0.4, 0.5) is 0 Å². The van der Waals surface area contributed by atoms with Crippen LogP contribution in [0.1, 0.15) is 20.8 Å². The lowest BCUT2D eigenvalue weighted by Gasteiger charge is -2.22. The van der Waals surface area contributed by atoms with Crippen molar-refractivity contribution >= 4 is 26.0 Å². The second-order valence-corrected chi connectivity index (χ2v) is 7.16. The number of hydrogen-bond donors (Lipinski definition) is 0. The summed E-state index contributed by atoms with van der Waals surface area (Å²) in [6, 6.07) is 6.75. The Morgan fingerprint density at radius 3 is 2.18 bits per heavy atom. The molecule has 5 heteroatoms. The van der Waals surface area contributed by atoms with E-state index < -0.39 is 10.0 Å². The van der Waals surface area contributed by atoms with Crippen LogP contribution < -0.4 is 0 Å². The molecule has 0 saturated heterocycles. The summed E-state index contributed by atoms with van der Waals surface area (Å²) in [5.74, 6) is 0.320. The summed E-state index contributed by atoms with van der Waals surface area (Å²) >= 11 is 3.30. The Bertz CT molecular complexity index is 454. The molecule has 96 valence electrons. The van der Waals surface area contributed by atoms with Gasteiger partial charge in [-0.2, -0.15) is 4.31 Å². The molecule has 0 aliphatic rings. The molecule has 0 unspecified atom stereocenters. The fraction of sp³-hybridized carbons (Fsp3) is 0.500. The zero-order valence-electron chi connectivity index (χ0n) is 10.4. The number of rotatable bonds is 5. The van der Waals surface area contributed by atoms with Gasteiger partial charge in [-0.15, -0.1) is 0 Å². The number of halogens is 1. The highest BCUT2D eigenvalue weighted by molar-refractivity contribution is 9.10. The summed E-state index contributed by atoms with van der Waals surface area (Å²) in [6.45, 7) is 6.93. The Balaban J connectivity index is 3.04. The van der Waals surface area contributed by atoms with Gasteiger partial charge in [0.05, 0.1) is 4.90 Å². The van der Waals surface area contributed by atoms with Gasteiger partial charge in [-0.3, -0.25) is 0 Å². The fourth-order valence-corrected chi connectivity index (χ4v) is 3.44. The summed E-state index contributed by atoms with van der Waals surface area (Å²) in [6.07, 6.45) is 0. The van der Waals surface area contributed by atoms with E-state index in [0.29, 0.717) is 23.9 Å². The van der Waals surface area contributed by atoms with Crippen molar-refractivity contribution in [2.24, 2.45) is 5.92 Å². The Morgan fingerprint density at radius 2 is 1.76 bits per heavy atom. The quantitative estimate of drug-likeness (QED) is 0.836. The SMILES string of the molecule is CCN(CC(C)C)S(=O)(=O)c1ccc(Br)cc1. The third-order valence-electron chi connectivity index (χ3n) is 2.37. The maximum absolute atomic E-state index is 12.3. The van der Waals surface area contributed by atoms with Gasteiger partial charge in [-0.25, -0.2) is 8.42 Å². The summed E-state index contributed by atoms with van der Waals surface area (Å²) in [4.78, 5) is 0.350. The largest absolute Gasteiger partial charge is 0.243 e. The lowest BCUT2D eigenvalue weighted by atomic mass is 10.2. The minimum Gasteiger partial charge on any atom is -0.207 e. The molecule has 0 spiro atoms. The van der Waals surface area contributed by atoms with Crippen LogP contribution in [-0.4, -0.2) is 25.8 Å². The van der Waals surface area contributed by atoms with Crippen LogP contribution in [0.5, 0.6) is 0 Å². The second-order valence-electron chi connectivity index (χ2n) is 4.30. The number of sulfonamides is 1. The molecule has 0 fully saturated rings. The van der Waals surface area contributed by atoms with Crippen LogP contribution in [0, 0.1) is 5.92 Å². The first kappa shape index (κ1) is 14.7. The number of hydrogen-bond acceptors (Lipinski definition) is 2. The van der Waals surface area contributed by atoms with Gasteiger partial charge >= 0.3 is 0 Å². The van der Waals surface area contributed by atoms with E-state index in [1.165, 1.54) is 4.31 Å². The van der Waals surface area contributed by atoms with Crippen LogP contribution >= 0.6 is 15.9 Å². The zero-order valence-corrected chi connectivity index (χ0v) is 12.8. The van der Waals surface area contributed by atoms with E-state index >= 15 is 0 Å². The molecule has 3 nitrogen and oxygen atoms in total. The van der Waals surface area contributed by atoms with Crippen LogP contribution in [0.2, 0.25) is 0 Å². The summed E-state index contributed by atoms with van der Waals surface area (Å²) in [5.41, 5.74) is 0.